The number of ether oxygens (including phenoxy) is 1. The molecule has 0 saturated carbocycles. The number of aryl methyl sites for hydroxylation is 1. The summed E-state index contributed by atoms with van der Waals surface area (Å²) < 4.78 is 17.7. The molecule has 2 aromatic carbocycles. The fraction of sp³-hybridized carbons (Fsp3) is 0.200. The van der Waals surface area contributed by atoms with Crippen molar-refractivity contribution in [3.05, 3.63) is 53.6 Å². The van der Waals surface area contributed by atoms with Gasteiger partial charge in [-0.25, -0.2) is 0 Å². The van der Waals surface area contributed by atoms with Gasteiger partial charge in [-0.05, 0) is 30.2 Å². The number of anilines is 1. The van der Waals surface area contributed by atoms with E-state index in [0.717, 1.165) is 11.1 Å². The normalized spacial score (nSPS) is 12.1. The molecule has 3 nitrogen and oxygen atoms in total. The van der Waals surface area contributed by atoms with Crippen LogP contribution in [0, 0.1) is 6.92 Å². The molecule has 0 saturated heterocycles. The van der Waals surface area contributed by atoms with E-state index >= 15 is 0 Å². The van der Waals surface area contributed by atoms with Crippen molar-refractivity contribution in [1.29, 1.82) is 0 Å². The van der Waals surface area contributed by atoms with Gasteiger partial charge in [-0.15, -0.1) is 0 Å². The van der Waals surface area contributed by atoms with Crippen molar-refractivity contribution >= 4 is 16.5 Å². The van der Waals surface area contributed by atoms with E-state index in [2.05, 4.69) is 0 Å². The Morgan fingerprint density at radius 1 is 1.21 bits per heavy atom. The maximum atomic E-state index is 12.4. The summed E-state index contributed by atoms with van der Waals surface area (Å²) >= 11 is 0. The molecule has 2 rings (SSSR count). The summed E-state index contributed by atoms with van der Waals surface area (Å²) in [5.41, 5.74) is 8.53. The third-order valence-corrected chi connectivity index (χ3v) is 4.38. The summed E-state index contributed by atoms with van der Waals surface area (Å²) in [5.74, 6) is 1.05. The Balaban J connectivity index is 2.28. The summed E-state index contributed by atoms with van der Waals surface area (Å²) in [6.07, 6.45) is 0. The van der Waals surface area contributed by atoms with Crippen LogP contribution in [0.2, 0.25) is 0 Å². The maximum Gasteiger partial charge on any atom is 0.137 e. The predicted octanol–water partition coefficient (Wildman–Crippen LogP) is 2.89. The van der Waals surface area contributed by atoms with Gasteiger partial charge in [-0.3, -0.25) is 4.21 Å². The van der Waals surface area contributed by atoms with E-state index in [-0.39, 0.29) is 0 Å². The van der Waals surface area contributed by atoms with E-state index in [4.69, 9.17) is 10.5 Å². The van der Waals surface area contributed by atoms with Gasteiger partial charge in [0.2, 0.25) is 0 Å². The molecular weight excluding hydrogens is 258 g/mol. The number of nitrogen functional groups attached to an aromatic ring is 1. The zero-order chi connectivity index (χ0) is 13.8. The number of rotatable bonds is 4. The van der Waals surface area contributed by atoms with Gasteiger partial charge >= 0.3 is 0 Å². The predicted molar refractivity (Wildman–Crippen MR) is 78.7 cm³/mol. The van der Waals surface area contributed by atoms with Gasteiger partial charge in [-0.1, -0.05) is 24.3 Å². The van der Waals surface area contributed by atoms with Gasteiger partial charge in [0, 0.05) is 11.8 Å². The van der Waals surface area contributed by atoms with Crippen molar-refractivity contribution in [2.45, 2.75) is 17.6 Å². The van der Waals surface area contributed by atoms with E-state index < -0.39 is 10.8 Å². The van der Waals surface area contributed by atoms with Crippen LogP contribution in [0.3, 0.4) is 0 Å². The number of nitrogens with two attached hydrogens (primary N) is 1. The van der Waals surface area contributed by atoms with Crippen molar-refractivity contribution in [3.63, 3.8) is 0 Å². The van der Waals surface area contributed by atoms with E-state index in [0.29, 0.717) is 22.1 Å². The Labute approximate surface area is 115 Å². The van der Waals surface area contributed by atoms with Crippen molar-refractivity contribution in [3.8, 4) is 5.75 Å². The number of hydrogen-bond donors (Lipinski definition) is 1. The lowest BCUT2D eigenvalue weighted by Gasteiger charge is -2.10. The molecule has 0 spiro atoms. The molecule has 0 bridgehead atoms. The second kappa shape index (κ2) is 5.89. The van der Waals surface area contributed by atoms with Crippen LogP contribution in [0.25, 0.3) is 0 Å². The zero-order valence-corrected chi connectivity index (χ0v) is 11.9. The highest BCUT2D eigenvalue weighted by molar-refractivity contribution is 7.84. The van der Waals surface area contributed by atoms with Gasteiger partial charge < -0.3 is 10.5 Å². The minimum Gasteiger partial charge on any atom is -0.495 e. The number of benzene rings is 2. The van der Waals surface area contributed by atoms with Crippen molar-refractivity contribution in [1.82, 2.24) is 0 Å². The molecule has 0 radical (unpaired) electrons. The average molecular weight is 275 g/mol. The molecular formula is C15H17NO2S. The maximum absolute atomic E-state index is 12.4. The fourth-order valence-electron chi connectivity index (χ4n) is 1.86. The number of hydrogen-bond acceptors (Lipinski definition) is 3. The summed E-state index contributed by atoms with van der Waals surface area (Å²) in [5, 5.41) is 0. The molecule has 0 aromatic heterocycles. The third-order valence-electron chi connectivity index (χ3n) is 2.98. The molecule has 2 N–H and O–H groups in total. The monoisotopic (exact) mass is 275 g/mol. The van der Waals surface area contributed by atoms with E-state index in [9.17, 15) is 4.21 Å². The minimum atomic E-state index is -1.14. The van der Waals surface area contributed by atoms with Crippen LogP contribution < -0.4 is 10.5 Å². The lowest BCUT2D eigenvalue weighted by Crippen LogP contribution is -2.01. The molecule has 2 aromatic rings. The lowest BCUT2D eigenvalue weighted by atomic mass is 10.1. The second-order valence-electron chi connectivity index (χ2n) is 4.33. The Hall–Kier alpha value is -1.81. The minimum absolute atomic E-state index is 0.479. The quantitative estimate of drug-likeness (QED) is 0.873. The summed E-state index contributed by atoms with van der Waals surface area (Å²) in [6, 6.07) is 13.2. The fourth-order valence-corrected chi connectivity index (χ4v) is 3.21. The average Bonchev–Trinajstić information content (AvgIpc) is 2.41. The highest BCUT2D eigenvalue weighted by atomic mass is 32.2. The van der Waals surface area contributed by atoms with Crippen LogP contribution in [-0.4, -0.2) is 11.3 Å². The molecule has 1 atom stereocenters. The molecule has 0 fully saturated rings. The lowest BCUT2D eigenvalue weighted by molar-refractivity contribution is 0.404. The topological polar surface area (TPSA) is 52.3 Å². The van der Waals surface area contributed by atoms with Gasteiger partial charge in [0.15, 0.2) is 0 Å². The van der Waals surface area contributed by atoms with Gasteiger partial charge in [0.1, 0.15) is 5.75 Å². The van der Waals surface area contributed by atoms with Crippen LogP contribution in [0.1, 0.15) is 11.1 Å². The van der Waals surface area contributed by atoms with Gasteiger partial charge in [-0.2, -0.15) is 0 Å². The Bertz CT molecular complexity index is 611. The second-order valence-corrected chi connectivity index (χ2v) is 5.75. The van der Waals surface area contributed by atoms with Crippen molar-refractivity contribution in [2.24, 2.45) is 0 Å². The highest BCUT2D eigenvalue weighted by Gasteiger charge is 2.12. The molecule has 0 aliphatic carbocycles. The first-order valence-electron chi connectivity index (χ1n) is 5.98. The molecule has 0 aliphatic rings. The SMILES string of the molecule is COc1cc(N)ccc1S(=O)Cc1ccccc1C. The smallest absolute Gasteiger partial charge is 0.137 e. The molecule has 19 heavy (non-hydrogen) atoms. The van der Waals surface area contributed by atoms with Crippen LogP contribution in [0.4, 0.5) is 5.69 Å². The number of methoxy groups -OCH3 is 1. The molecule has 4 heteroatoms. The van der Waals surface area contributed by atoms with E-state index in [1.165, 1.54) is 0 Å². The Morgan fingerprint density at radius 2 is 1.95 bits per heavy atom. The van der Waals surface area contributed by atoms with E-state index in [1.807, 2.05) is 31.2 Å². The van der Waals surface area contributed by atoms with Crippen LogP contribution in [-0.2, 0) is 16.6 Å². The van der Waals surface area contributed by atoms with Gasteiger partial charge in [0.25, 0.3) is 0 Å². The third kappa shape index (κ3) is 3.15. The summed E-state index contributed by atoms with van der Waals surface area (Å²) in [4.78, 5) is 0.681. The standard InChI is InChI=1S/C15H17NO2S/c1-11-5-3-4-6-12(11)10-19(17)15-8-7-13(16)9-14(15)18-2/h3-9H,10,16H2,1-2H3. The van der Waals surface area contributed by atoms with Gasteiger partial charge in [0.05, 0.1) is 28.6 Å². The summed E-state index contributed by atoms with van der Waals surface area (Å²) in [7, 11) is 0.414. The van der Waals surface area contributed by atoms with Crippen molar-refractivity contribution < 1.29 is 8.95 Å². The molecule has 0 amide bonds. The Kier molecular flexibility index (Phi) is 4.22. The van der Waals surface area contributed by atoms with Crippen LogP contribution >= 0.6 is 0 Å². The first kappa shape index (κ1) is 13.6. The van der Waals surface area contributed by atoms with Crippen LogP contribution in [0.15, 0.2) is 47.4 Å². The first-order valence-corrected chi connectivity index (χ1v) is 7.30. The Morgan fingerprint density at radius 3 is 2.63 bits per heavy atom. The molecule has 0 aliphatic heterocycles. The highest BCUT2D eigenvalue weighted by Crippen LogP contribution is 2.26. The molecule has 1 unspecified atom stereocenters. The van der Waals surface area contributed by atoms with Crippen LogP contribution in [0.5, 0.6) is 5.75 Å². The molecule has 100 valence electrons. The zero-order valence-electron chi connectivity index (χ0n) is 11.1. The first-order chi connectivity index (χ1) is 9.11. The van der Waals surface area contributed by atoms with E-state index in [1.54, 1.807) is 25.3 Å². The van der Waals surface area contributed by atoms with Crippen molar-refractivity contribution in [2.75, 3.05) is 12.8 Å². The molecule has 0 heterocycles. The summed E-state index contributed by atoms with van der Waals surface area (Å²) in [6.45, 7) is 2.02. The largest absolute Gasteiger partial charge is 0.495 e.